The lowest BCUT2D eigenvalue weighted by Gasteiger charge is -2.29. The van der Waals surface area contributed by atoms with E-state index in [0.717, 1.165) is 43.4 Å². The summed E-state index contributed by atoms with van der Waals surface area (Å²) in [5.74, 6) is 1.40. The van der Waals surface area contributed by atoms with Gasteiger partial charge in [-0.2, -0.15) is 0 Å². The molecule has 1 aliphatic carbocycles. The third-order valence-corrected chi connectivity index (χ3v) is 4.17. The van der Waals surface area contributed by atoms with Crippen LogP contribution in [0.3, 0.4) is 0 Å². The van der Waals surface area contributed by atoms with E-state index in [0.29, 0.717) is 5.78 Å². The maximum atomic E-state index is 12.1. The van der Waals surface area contributed by atoms with Crippen LogP contribution in [-0.2, 0) is 4.79 Å². The summed E-state index contributed by atoms with van der Waals surface area (Å²) in [6.07, 6.45) is 6.99. The van der Waals surface area contributed by atoms with Gasteiger partial charge in [-0.1, -0.05) is 36.3 Å². The molecule has 0 spiro atoms. The van der Waals surface area contributed by atoms with Gasteiger partial charge in [-0.15, -0.1) is 0 Å². The third-order valence-electron chi connectivity index (χ3n) is 4.17. The SMILES string of the molecule is CC1=Cc2ccccc2OC(C2CCCCC2=O)C1. The first-order valence-electron chi connectivity index (χ1n) is 7.19. The predicted molar refractivity (Wildman–Crippen MR) is 76.1 cm³/mol. The Hall–Kier alpha value is -1.57. The summed E-state index contributed by atoms with van der Waals surface area (Å²) in [7, 11) is 0. The van der Waals surface area contributed by atoms with Crippen molar-refractivity contribution in [3.05, 3.63) is 35.4 Å². The lowest BCUT2D eigenvalue weighted by atomic mass is 9.82. The highest BCUT2D eigenvalue weighted by atomic mass is 16.5. The molecule has 1 aromatic rings. The molecule has 0 saturated heterocycles. The Morgan fingerprint density at radius 3 is 2.89 bits per heavy atom. The Morgan fingerprint density at radius 1 is 1.21 bits per heavy atom. The van der Waals surface area contributed by atoms with Crippen molar-refractivity contribution in [2.45, 2.75) is 45.1 Å². The van der Waals surface area contributed by atoms with Gasteiger partial charge in [0.25, 0.3) is 0 Å². The minimum atomic E-state index is 0.0210. The van der Waals surface area contributed by atoms with Crippen LogP contribution >= 0.6 is 0 Å². The number of ketones is 1. The summed E-state index contributed by atoms with van der Waals surface area (Å²) in [6.45, 7) is 2.13. The molecular formula is C17H20O2. The van der Waals surface area contributed by atoms with Gasteiger partial charge in [-0.25, -0.2) is 0 Å². The molecule has 1 fully saturated rings. The fourth-order valence-electron chi connectivity index (χ4n) is 3.18. The van der Waals surface area contributed by atoms with Crippen LogP contribution in [0.5, 0.6) is 5.75 Å². The van der Waals surface area contributed by atoms with E-state index in [1.165, 1.54) is 5.57 Å². The number of fused-ring (bicyclic) bond motifs is 1. The van der Waals surface area contributed by atoms with Gasteiger partial charge in [0.05, 0.1) is 5.92 Å². The standard InChI is InChI=1S/C17H20O2/c1-12-10-13-6-2-5-9-16(13)19-17(11-12)14-7-3-4-8-15(14)18/h2,5-6,9-10,14,17H,3-4,7-8,11H2,1H3. The maximum Gasteiger partial charge on any atom is 0.139 e. The van der Waals surface area contributed by atoms with Gasteiger partial charge < -0.3 is 4.74 Å². The van der Waals surface area contributed by atoms with E-state index >= 15 is 0 Å². The second kappa shape index (κ2) is 5.20. The fourth-order valence-corrected chi connectivity index (χ4v) is 3.18. The number of para-hydroxylation sites is 1. The Morgan fingerprint density at radius 2 is 2.05 bits per heavy atom. The van der Waals surface area contributed by atoms with Crippen LogP contribution in [0.1, 0.15) is 44.6 Å². The first kappa shape index (κ1) is 12.5. The van der Waals surface area contributed by atoms with E-state index in [4.69, 9.17) is 4.74 Å². The van der Waals surface area contributed by atoms with Gasteiger partial charge >= 0.3 is 0 Å². The molecule has 2 unspecified atom stereocenters. The molecule has 1 aliphatic heterocycles. The number of benzene rings is 1. The molecule has 0 bridgehead atoms. The first-order chi connectivity index (χ1) is 9.24. The molecule has 0 aromatic heterocycles. The van der Waals surface area contributed by atoms with Gasteiger partial charge in [0.15, 0.2) is 0 Å². The molecule has 1 aromatic carbocycles. The van der Waals surface area contributed by atoms with Crippen LogP contribution in [0.2, 0.25) is 0 Å². The summed E-state index contributed by atoms with van der Waals surface area (Å²) in [4.78, 5) is 12.1. The highest BCUT2D eigenvalue weighted by Crippen LogP contribution is 2.34. The number of Topliss-reactive ketones (excluding diaryl/α,β-unsaturated/α-hetero) is 1. The molecule has 2 aliphatic rings. The molecular weight excluding hydrogens is 236 g/mol. The molecule has 1 heterocycles. The highest BCUT2D eigenvalue weighted by molar-refractivity contribution is 5.82. The molecule has 2 heteroatoms. The average molecular weight is 256 g/mol. The lowest BCUT2D eigenvalue weighted by Crippen LogP contribution is -2.35. The van der Waals surface area contributed by atoms with Crippen LogP contribution in [0, 0.1) is 5.92 Å². The van der Waals surface area contributed by atoms with Crippen LogP contribution in [0.25, 0.3) is 6.08 Å². The first-order valence-corrected chi connectivity index (χ1v) is 7.19. The molecule has 3 rings (SSSR count). The molecule has 0 N–H and O–H groups in total. The normalized spacial score (nSPS) is 27.0. The van der Waals surface area contributed by atoms with Crippen LogP contribution in [0.15, 0.2) is 29.8 Å². The lowest BCUT2D eigenvalue weighted by molar-refractivity contribution is -0.127. The average Bonchev–Trinajstić information content (AvgIpc) is 2.57. The molecule has 0 radical (unpaired) electrons. The molecule has 100 valence electrons. The molecule has 2 nitrogen and oxygen atoms in total. The number of hydrogen-bond donors (Lipinski definition) is 0. The van der Waals surface area contributed by atoms with E-state index in [1.54, 1.807) is 0 Å². The molecule has 19 heavy (non-hydrogen) atoms. The number of hydrogen-bond acceptors (Lipinski definition) is 2. The summed E-state index contributed by atoms with van der Waals surface area (Å²) >= 11 is 0. The van der Waals surface area contributed by atoms with Gasteiger partial charge in [0.1, 0.15) is 17.6 Å². The smallest absolute Gasteiger partial charge is 0.139 e. The second-order valence-corrected chi connectivity index (χ2v) is 5.71. The summed E-state index contributed by atoms with van der Waals surface area (Å²) < 4.78 is 6.16. The maximum absolute atomic E-state index is 12.1. The van der Waals surface area contributed by atoms with Gasteiger partial charge in [0, 0.05) is 18.4 Å². The third kappa shape index (κ3) is 2.58. The van der Waals surface area contributed by atoms with Crippen LogP contribution in [-0.4, -0.2) is 11.9 Å². The number of ether oxygens (including phenoxy) is 1. The van der Waals surface area contributed by atoms with E-state index in [9.17, 15) is 4.79 Å². The van der Waals surface area contributed by atoms with Crippen molar-refractivity contribution in [3.8, 4) is 5.75 Å². The zero-order valence-corrected chi connectivity index (χ0v) is 11.4. The Kier molecular flexibility index (Phi) is 3.41. The van der Waals surface area contributed by atoms with E-state index in [2.05, 4.69) is 19.1 Å². The summed E-state index contributed by atoms with van der Waals surface area (Å²) in [6, 6.07) is 8.10. The predicted octanol–water partition coefficient (Wildman–Crippen LogP) is 4.00. The van der Waals surface area contributed by atoms with E-state index in [-0.39, 0.29) is 12.0 Å². The monoisotopic (exact) mass is 256 g/mol. The molecule has 2 atom stereocenters. The van der Waals surface area contributed by atoms with Crippen LogP contribution < -0.4 is 4.74 Å². The van der Waals surface area contributed by atoms with Crippen molar-refractivity contribution >= 4 is 11.9 Å². The minimum Gasteiger partial charge on any atom is -0.489 e. The van der Waals surface area contributed by atoms with Gasteiger partial charge in [-0.05, 0) is 25.8 Å². The summed E-state index contributed by atoms with van der Waals surface area (Å²) in [5, 5.41) is 0. The number of carbonyl (C=O) groups is 1. The van der Waals surface area contributed by atoms with Gasteiger partial charge in [-0.3, -0.25) is 4.79 Å². The van der Waals surface area contributed by atoms with Crippen molar-refractivity contribution in [3.63, 3.8) is 0 Å². The van der Waals surface area contributed by atoms with E-state index < -0.39 is 0 Å². The molecule has 0 amide bonds. The Balaban J connectivity index is 1.89. The zero-order valence-electron chi connectivity index (χ0n) is 11.4. The van der Waals surface area contributed by atoms with Crippen LogP contribution in [0.4, 0.5) is 0 Å². The van der Waals surface area contributed by atoms with Gasteiger partial charge in [0.2, 0.25) is 0 Å². The van der Waals surface area contributed by atoms with E-state index in [1.807, 2.05) is 18.2 Å². The zero-order chi connectivity index (χ0) is 13.2. The van der Waals surface area contributed by atoms with Crippen molar-refractivity contribution in [2.75, 3.05) is 0 Å². The van der Waals surface area contributed by atoms with Crippen molar-refractivity contribution in [2.24, 2.45) is 5.92 Å². The highest BCUT2D eigenvalue weighted by Gasteiger charge is 2.33. The fraction of sp³-hybridized carbons (Fsp3) is 0.471. The molecule has 1 saturated carbocycles. The quantitative estimate of drug-likeness (QED) is 0.759. The van der Waals surface area contributed by atoms with Crippen molar-refractivity contribution in [1.29, 1.82) is 0 Å². The van der Waals surface area contributed by atoms with Crippen molar-refractivity contribution < 1.29 is 9.53 Å². The minimum absolute atomic E-state index is 0.0210. The Bertz CT molecular complexity index is 516. The Labute approximate surface area is 114 Å². The topological polar surface area (TPSA) is 26.3 Å². The number of rotatable bonds is 1. The second-order valence-electron chi connectivity index (χ2n) is 5.71. The summed E-state index contributed by atoms with van der Waals surface area (Å²) in [5.41, 5.74) is 2.43. The largest absolute Gasteiger partial charge is 0.489 e. The van der Waals surface area contributed by atoms with Crippen molar-refractivity contribution in [1.82, 2.24) is 0 Å². The number of carbonyl (C=O) groups excluding carboxylic acids is 1.